The van der Waals surface area contributed by atoms with Crippen molar-refractivity contribution in [3.63, 3.8) is 0 Å². The van der Waals surface area contributed by atoms with Crippen molar-refractivity contribution in [1.82, 2.24) is 10.2 Å². The third kappa shape index (κ3) is 7.47. The van der Waals surface area contributed by atoms with E-state index in [9.17, 15) is 13.8 Å². The van der Waals surface area contributed by atoms with Gasteiger partial charge >= 0.3 is 0 Å². The Hall–Kier alpha value is -2.18. The van der Waals surface area contributed by atoms with Crippen LogP contribution < -0.4 is 5.32 Å². The van der Waals surface area contributed by atoms with Gasteiger partial charge in [0.25, 0.3) is 0 Å². The average molecular weight is 461 g/mol. The number of aryl methyl sites for hydroxylation is 1. The predicted molar refractivity (Wildman–Crippen MR) is 125 cm³/mol. The van der Waals surface area contributed by atoms with Crippen molar-refractivity contribution in [1.29, 1.82) is 0 Å². The smallest absolute Gasteiger partial charge is 0.239 e. The van der Waals surface area contributed by atoms with E-state index in [0.29, 0.717) is 12.3 Å². The van der Waals surface area contributed by atoms with Crippen molar-refractivity contribution in [3.8, 4) is 0 Å². The Morgan fingerprint density at radius 2 is 1.71 bits per heavy atom. The molecule has 0 spiro atoms. The molecule has 1 aliphatic heterocycles. The molecule has 1 saturated heterocycles. The van der Waals surface area contributed by atoms with Crippen molar-refractivity contribution >= 4 is 34.2 Å². The summed E-state index contributed by atoms with van der Waals surface area (Å²) >= 11 is 5.89. The number of carbonyl (C=O) groups is 2. The molecule has 0 aromatic heterocycles. The van der Waals surface area contributed by atoms with Crippen LogP contribution >= 0.6 is 11.6 Å². The Bertz CT molecular complexity index is 889. The zero-order chi connectivity index (χ0) is 22.1. The highest BCUT2D eigenvalue weighted by molar-refractivity contribution is 7.85. The van der Waals surface area contributed by atoms with E-state index >= 15 is 0 Å². The lowest BCUT2D eigenvalue weighted by molar-refractivity contribution is -0.145. The van der Waals surface area contributed by atoms with Gasteiger partial charge in [0.2, 0.25) is 11.8 Å². The maximum atomic E-state index is 12.6. The maximum absolute atomic E-state index is 12.6. The number of likely N-dealkylation sites (tertiary alicyclic amines) is 1. The summed E-state index contributed by atoms with van der Waals surface area (Å²) in [6.45, 7) is 0.584. The monoisotopic (exact) mass is 460 g/mol. The maximum Gasteiger partial charge on any atom is 0.239 e. The van der Waals surface area contributed by atoms with Gasteiger partial charge in [-0.1, -0.05) is 66.9 Å². The summed E-state index contributed by atoms with van der Waals surface area (Å²) in [5.74, 6) is 0.104. The molecule has 1 fully saturated rings. The van der Waals surface area contributed by atoms with Gasteiger partial charge in [0.15, 0.2) is 0 Å². The first-order valence-electron chi connectivity index (χ1n) is 10.7. The second-order valence-electron chi connectivity index (χ2n) is 7.83. The van der Waals surface area contributed by atoms with Crippen molar-refractivity contribution in [2.24, 2.45) is 0 Å². The Morgan fingerprint density at radius 3 is 2.42 bits per heavy atom. The summed E-state index contributed by atoms with van der Waals surface area (Å²) < 4.78 is 12.6. The molecule has 31 heavy (non-hydrogen) atoms. The number of hydrogen-bond donors (Lipinski definition) is 1. The lowest BCUT2D eigenvalue weighted by atomic mass is 10.1. The number of halogens is 1. The molecular formula is C24H29ClN2O3S. The third-order valence-electron chi connectivity index (χ3n) is 5.41. The lowest BCUT2D eigenvalue weighted by Crippen LogP contribution is -2.57. The zero-order valence-corrected chi connectivity index (χ0v) is 19.2. The van der Waals surface area contributed by atoms with E-state index in [4.69, 9.17) is 11.6 Å². The van der Waals surface area contributed by atoms with Crippen molar-refractivity contribution in [2.45, 2.75) is 49.7 Å². The standard InChI is InChI=1S/C24H29ClN2O3S/c25-21-13-11-19(12-14-21)8-4-1-2-7-15-26-22(28)17-27-23(29)16-24(27)31(30)18-20-9-5-3-6-10-20/h3,5-6,9-14,24H,1-2,4,7-8,15-18H2,(H,26,28)/t24-,31+/m1/s1. The third-order valence-corrected chi connectivity index (χ3v) is 7.31. The molecule has 0 unspecified atom stereocenters. The van der Waals surface area contributed by atoms with Gasteiger partial charge in [0.1, 0.15) is 11.9 Å². The molecule has 166 valence electrons. The summed E-state index contributed by atoms with van der Waals surface area (Å²) in [5.41, 5.74) is 2.26. The van der Waals surface area contributed by atoms with E-state index in [1.54, 1.807) is 0 Å². The quantitative estimate of drug-likeness (QED) is 0.383. The van der Waals surface area contributed by atoms with E-state index in [1.807, 2.05) is 42.5 Å². The fourth-order valence-electron chi connectivity index (χ4n) is 3.58. The molecule has 2 aromatic rings. The van der Waals surface area contributed by atoms with Crippen LogP contribution in [0.5, 0.6) is 0 Å². The van der Waals surface area contributed by atoms with E-state index < -0.39 is 10.8 Å². The fraction of sp³-hybridized carbons (Fsp3) is 0.417. The summed E-state index contributed by atoms with van der Waals surface area (Å²) in [6, 6.07) is 17.5. The minimum absolute atomic E-state index is 0.0133. The normalized spacial score (nSPS) is 16.6. The summed E-state index contributed by atoms with van der Waals surface area (Å²) in [7, 11) is -1.21. The van der Waals surface area contributed by atoms with Crippen LogP contribution in [0.1, 0.15) is 43.2 Å². The highest BCUT2D eigenvalue weighted by Crippen LogP contribution is 2.24. The Labute approximate surface area is 191 Å². The second-order valence-corrected chi connectivity index (χ2v) is 9.86. The molecule has 5 nitrogen and oxygen atoms in total. The Balaban J connectivity index is 1.28. The van der Waals surface area contributed by atoms with Crippen LogP contribution in [0, 0.1) is 0 Å². The molecular weight excluding hydrogens is 432 g/mol. The van der Waals surface area contributed by atoms with Gasteiger partial charge in [-0.25, -0.2) is 0 Å². The highest BCUT2D eigenvalue weighted by Gasteiger charge is 2.40. The Morgan fingerprint density at radius 1 is 1.00 bits per heavy atom. The molecule has 1 N–H and O–H groups in total. The van der Waals surface area contributed by atoms with Gasteiger partial charge in [0.05, 0.1) is 12.2 Å². The number of unbranched alkanes of at least 4 members (excludes halogenated alkanes) is 3. The first-order valence-corrected chi connectivity index (χ1v) is 12.5. The van der Waals surface area contributed by atoms with Gasteiger partial charge < -0.3 is 10.2 Å². The first kappa shape index (κ1) is 23.5. The molecule has 1 aliphatic rings. The summed E-state index contributed by atoms with van der Waals surface area (Å²) in [4.78, 5) is 25.6. The van der Waals surface area contributed by atoms with Gasteiger partial charge in [0, 0.05) is 22.4 Å². The minimum Gasteiger partial charge on any atom is -0.355 e. The number of amides is 2. The van der Waals surface area contributed by atoms with Crippen LogP contribution in [0.4, 0.5) is 0 Å². The summed E-state index contributed by atoms with van der Waals surface area (Å²) in [5, 5.41) is 3.27. The van der Waals surface area contributed by atoms with Gasteiger partial charge in [-0.3, -0.25) is 13.8 Å². The van der Waals surface area contributed by atoms with Crippen LogP contribution in [0.25, 0.3) is 0 Å². The molecule has 7 heteroatoms. The molecule has 2 atom stereocenters. The number of rotatable bonds is 12. The molecule has 0 radical (unpaired) electrons. The van der Waals surface area contributed by atoms with Crippen LogP contribution in [0.15, 0.2) is 54.6 Å². The number of β-lactam (4-membered cyclic amide) rings is 1. The van der Waals surface area contributed by atoms with Crippen LogP contribution in [0.2, 0.25) is 5.02 Å². The number of benzene rings is 2. The molecule has 0 aliphatic carbocycles. The van der Waals surface area contributed by atoms with Crippen LogP contribution in [-0.2, 0) is 32.6 Å². The molecule has 1 heterocycles. The first-order chi connectivity index (χ1) is 15.0. The van der Waals surface area contributed by atoms with Crippen LogP contribution in [-0.4, -0.2) is 39.4 Å². The summed E-state index contributed by atoms with van der Waals surface area (Å²) in [6.07, 6.45) is 5.43. The van der Waals surface area contributed by atoms with Crippen molar-refractivity contribution in [3.05, 3.63) is 70.7 Å². The largest absolute Gasteiger partial charge is 0.355 e. The average Bonchev–Trinajstić information content (AvgIpc) is 2.77. The zero-order valence-electron chi connectivity index (χ0n) is 17.6. The van der Waals surface area contributed by atoms with Crippen LogP contribution in [0.3, 0.4) is 0 Å². The van der Waals surface area contributed by atoms with Gasteiger partial charge in [-0.15, -0.1) is 0 Å². The second kappa shape index (κ2) is 12.0. The molecule has 2 amide bonds. The minimum atomic E-state index is -1.21. The van der Waals surface area contributed by atoms with E-state index in [1.165, 1.54) is 10.5 Å². The van der Waals surface area contributed by atoms with Gasteiger partial charge in [-0.2, -0.15) is 0 Å². The van der Waals surface area contributed by atoms with Gasteiger partial charge in [-0.05, 0) is 42.5 Å². The molecule has 3 rings (SSSR count). The Kier molecular flexibility index (Phi) is 9.10. The number of nitrogens with zero attached hydrogens (tertiary/aromatic N) is 1. The SMILES string of the molecule is O=C(CN1C(=O)C[C@H]1[S@@](=O)Cc1ccccc1)NCCCCCCc1ccc(Cl)cc1. The topological polar surface area (TPSA) is 66.5 Å². The number of hydrogen-bond acceptors (Lipinski definition) is 3. The van der Waals surface area contributed by atoms with Crippen molar-refractivity contribution in [2.75, 3.05) is 13.1 Å². The molecule has 0 saturated carbocycles. The predicted octanol–water partition coefficient (Wildman–Crippen LogP) is 4.07. The molecule has 2 aromatic carbocycles. The number of nitrogens with one attached hydrogen (secondary N) is 1. The van der Waals surface area contributed by atoms with E-state index in [0.717, 1.165) is 42.7 Å². The van der Waals surface area contributed by atoms with E-state index in [-0.39, 0.29) is 30.2 Å². The lowest BCUT2D eigenvalue weighted by Gasteiger charge is -2.39. The molecule has 0 bridgehead atoms. The van der Waals surface area contributed by atoms with Crippen molar-refractivity contribution < 1.29 is 13.8 Å². The fourth-order valence-corrected chi connectivity index (χ4v) is 5.23. The number of carbonyl (C=O) groups excluding carboxylic acids is 2. The highest BCUT2D eigenvalue weighted by atomic mass is 35.5. The van der Waals surface area contributed by atoms with E-state index in [2.05, 4.69) is 17.4 Å².